The highest BCUT2D eigenvalue weighted by Gasteiger charge is 2.29. The van der Waals surface area contributed by atoms with E-state index < -0.39 is 0 Å². The molecular weight excluding hydrogens is 168 g/mol. The summed E-state index contributed by atoms with van der Waals surface area (Å²) in [5.41, 5.74) is 0. The molecule has 1 fully saturated rings. The molecule has 1 aliphatic carbocycles. The molecule has 0 spiro atoms. The zero-order chi connectivity index (χ0) is 10.6. The summed E-state index contributed by atoms with van der Waals surface area (Å²) in [5, 5.41) is 0. The SMILES string of the molecule is CCCC(CC1CC1)C(C)C(C)CC. The van der Waals surface area contributed by atoms with Crippen molar-refractivity contribution in [2.24, 2.45) is 23.7 Å². The predicted molar refractivity (Wildman–Crippen MR) is 64.4 cm³/mol. The van der Waals surface area contributed by atoms with Gasteiger partial charge in [0.25, 0.3) is 0 Å². The molecule has 0 aliphatic heterocycles. The van der Waals surface area contributed by atoms with Crippen molar-refractivity contribution in [3.63, 3.8) is 0 Å². The third-order valence-corrected chi connectivity index (χ3v) is 4.28. The first kappa shape index (κ1) is 12.1. The largest absolute Gasteiger partial charge is 0.0654 e. The Kier molecular flexibility index (Phi) is 4.98. The Morgan fingerprint density at radius 3 is 2.21 bits per heavy atom. The van der Waals surface area contributed by atoms with Gasteiger partial charge in [-0.15, -0.1) is 0 Å². The highest BCUT2D eigenvalue weighted by molar-refractivity contribution is 4.80. The molecule has 1 rings (SSSR count). The highest BCUT2D eigenvalue weighted by Crippen LogP contribution is 2.40. The second-order valence-electron chi connectivity index (χ2n) is 5.47. The van der Waals surface area contributed by atoms with Crippen molar-refractivity contribution in [1.29, 1.82) is 0 Å². The van der Waals surface area contributed by atoms with E-state index in [9.17, 15) is 0 Å². The molecule has 0 heterocycles. The van der Waals surface area contributed by atoms with Gasteiger partial charge in [-0.05, 0) is 30.1 Å². The Hall–Kier alpha value is 0. The maximum atomic E-state index is 2.48. The van der Waals surface area contributed by atoms with Crippen molar-refractivity contribution < 1.29 is 0 Å². The summed E-state index contributed by atoms with van der Waals surface area (Å²) in [7, 11) is 0. The van der Waals surface area contributed by atoms with Crippen molar-refractivity contribution in [2.45, 2.75) is 66.2 Å². The van der Waals surface area contributed by atoms with Crippen LogP contribution in [0.1, 0.15) is 66.2 Å². The van der Waals surface area contributed by atoms with Crippen molar-refractivity contribution in [1.82, 2.24) is 0 Å². The van der Waals surface area contributed by atoms with Crippen LogP contribution in [-0.2, 0) is 0 Å². The lowest BCUT2D eigenvalue weighted by molar-refractivity contribution is 0.221. The molecule has 14 heavy (non-hydrogen) atoms. The Morgan fingerprint density at radius 1 is 1.14 bits per heavy atom. The van der Waals surface area contributed by atoms with Crippen LogP contribution in [0.2, 0.25) is 0 Å². The lowest BCUT2D eigenvalue weighted by Gasteiger charge is -2.28. The monoisotopic (exact) mass is 196 g/mol. The van der Waals surface area contributed by atoms with Gasteiger partial charge in [0.2, 0.25) is 0 Å². The normalized spacial score (nSPS) is 23.1. The van der Waals surface area contributed by atoms with Gasteiger partial charge < -0.3 is 0 Å². The molecule has 0 N–H and O–H groups in total. The second-order valence-corrected chi connectivity index (χ2v) is 5.47. The van der Waals surface area contributed by atoms with Crippen LogP contribution in [-0.4, -0.2) is 0 Å². The number of rotatable bonds is 7. The molecule has 0 nitrogen and oxygen atoms in total. The van der Waals surface area contributed by atoms with Crippen LogP contribution in [0.15, 0.2) is 0 Å². The minimum Gasteiger partial charge on any atom is -0.0654 e. The molecule has 3 atom stereocenters. The van der Waals surface area contributed by atoms with Crippen LogP contribution in [0.25, 0.3) is 0 Å². The van der Waals surface area contributed by atoms with E-state index in [1.54, 1.807) is 0 Å². The molecule has 1 saturated carbocycles. The minimum absolute atomic E-state index is 0.922. The van der Waals surface area contributed by atoms with Crippen LogP contribution in [0, 0.1) is 23.7 Å². The van der Waals surface area contributed by atoms with E-state index in [0.717, 1.165) is 23.7 Å². The molecule has 3 unspecified atom stereocenters. The van der Waals surface area contributed by atoms with E-state index in [1.807, 2.05) is 0 Å². The van der Waals surface area contributed by atoms with Gasteiger partial charge in [-0.2, -0.15) is 0 Å². The number of hydrogen-bond acceptors (Lipinski definition) is 0. The summed E-state index contributed by atoms with van der Waals surface area (Å²) >= 11 is 0. The Balaban J connectivity index is 2.37. The van der Waals surface area contributed by atoms with E-state index in [-0.39, 0.29) is 0 Å². The quantitative estimate of drug-likeness (QED) is 0.544. The van der Waals surface area contributed by atoms with Gasteiger partial charge in [0, 0.05) is 0 Å². The van der Waals surface area contributed by atoms with E-state index in [2.05, 4.69) is 27.7 Å². The van der Waals surface area contributed by atoms with E-state index in [0.29, 0.717) is 0 Å². The van der Waals surface area contributed by atoms with Crippen molar-refractivity contribution in [3.05, 3.63) is 0 Å². The van der Waals surface area contributed by atoms with Crippen LogP contribution >= 0.6 is 0 Å². The summed E-state index contributed by atoms with van der Waals surface area (Å²) in [6.45, 7) is 9.58. The Labute approximate surface area is 90.5 Å². The first-order valence-electron chi connectivity index (χ1n) is 6.69. The van der Waals surface area contributed by atoms with Crippen molar-refractivity contribution in [2.75, 3.05) is 0 Å². The molecular formula is C14H28. The fourth-order valence-electron chi connectivity index (χ4n) is 2.58. The third-order valence-electron chi connectivity index (χ3n) is 4.28. The molecule has 84 valence electrons. The number of hydrogen-bond donors (Lipinski definition) is 0. The van der Waals surface area contributed by atoms with Gasteiger partial charge in [0.05, 0.1) is 0 Å². The van der Waals surface area contributed by atoms with Gasteiger partial charge in [-0.3, -0.25) is 0 Å². The molecule has 0 aromatic heterocycles. The predicted octanol–water partition coefficient (Wildman–Crippen LogP) is 4.89. The summed E-state index contributed by atoms with van der Waals surface area (Å²) in [4.78, 5) is 0. The van der Waals surface area contributed by atoms with Crippen LogP contribution in [0.3, 0.4) is 0 Å². The summed E-state index contributed by atoms with van der Waals surface area (Å²) < 4.78 is 0. The highest BCUT2D eigenvalue weighted by atomic mass is 14.3. The minimum atomic E-state index is 0.922. The van der Waals surface area contributed by atoms with Gasteiger partial charge in [0.1, 0.15) is 0 Å². The maximum absolute atomic E-state index is 2.48. The smallest absolute Gasteiger partial charge is 0.0383 e. The van der Waals surface area contributed by atoms with E-state index in [4.69, 9.17) is 0 Å². The standard InChI is InChI=1S/C14H28/c1-5-7-14(10-13-8-9-13)12(4)11(3)6-2/h11-14H,5-10H2,1-4H3. The van der Waals surface area contributed by atoms with Crippen LogP contribution < -0.4 is 0 Å². The molecule has 0 radical (unpaired) electrons. The topological polar surface area (TPSA) is 0 Å². The molecule has 0 aromatic rings. The average Bonchev–Trinajstić information content (AvgIpc) is 2.98. The van der Waals surface area contributed by atoms with E-state index >= 15 is 0 Å². The molecule has 0 saturated heterocycles. The fourth-order valence-corrected chi connectivity index (χ4v) is 2.58. The Morgan fingerprint density at radius 2 is 1.79 bits per heavy atom. The summed E-state index contributed by atoms with van der Waals surface area (Å²) in [6, 6.07) is 0. The van der Waals surface area contributed by atoms with Gasteiger partial charge in [0.15, 0.2) is 0 Å². The lowest BCUT2D eigenvalue weighted by atomic mass is 9.78. The molecule has 0 amide bonds. The van der Waals surface area contributed by atoms with E-state index in [1.165, 1.54) is 38.5 Å². The third kappa shape index (κ3) is 3.63. The lowest BCUT2D eigenvalue weighted by Crippen LogP contribution is -2.19. The first-order valence-corrected chi connectivity index (χ1v) is 6.69. The summed E-state index contributed by atoms with van der Waals surface area (Å²) in [5.74, 6) is 3.99. The second kappa shape index (κ2) is 5.78. The Bertz CT molecular complexity index is 146. The van der Waals surface area contributed by atoms with Crippen LogP contribution in [0.4, 0.5) is 0 Å². The summed E-state index contributed by atoms with van der Waals surface area (Å²) in [6.07, 6.45) is 8.76. The van der Waals surface area contributed by atoms with Crippen LogP contribution in [0.5, 0.6) is 0 Å². The van der Waals surface area contributed by atoms with Gasteiger partial charge in [-0.1, -0.05) is 59.8 Å². The fraction of sp³-hybridized carbons (Fsp3) is 1.00. The molecule has 0 bridgehead atoms. The zero-order valence-electron chi connectivity index (χ0n) is 10.6. The molecule has 1 aliphatic rings. The first-order chi connectivity index (χ1) is 6.69. The van der Waals surface area contributed by atoms with Gasteiger partial charge in [-0.25, -0.2) is 0 Å². The molecule has 0 heteroatoms. The van der Waals surface area contributed by atoms with Crippen molar-refractivity contribution >= 4 is 0 Å². The molecule has 0 aromatic carbocycles. The average molecular weight is 196 g/mol. The van der Waals surface area contributed by atoms with Crippen molar-refractivity contribution in [3.8, 4) is 0 Å². The van der Waals surface area contributed by atoms with Gasteiger partial charge >= 0.3 is 0 Å². The maximum Gasteiger partial charge on any atom is -0.0383 e. The zero-order valence-corrected chi connectivity index (χ0v) is 10.6.